The maximum absolute atomic E-state index is 11.2. The molecule has 1 aliphatic heterocycles. The molecule has 2 atom stereocenters. The Labute approximate surface area is 110 Å². The van der Waals surface area contributed by atoms with Gasteiger partial charge in [-0.2, -0.15) is 10.1 Å². The first kappa shape index (κ1) is 12.0. The maximum atomic E-state index is 11.2. The Morgan fingerprint density at radius 2 is 2.37 bits per heavy atom. The van der Waals surface area contributed by atoms with Gasteiger partial charge < -0.3 is 10.4 Å². The van der Waals surface area contributed by atoms with E-state index >= 15 is 0 Å². The number of aromatic nitrogens is 3. The summed E-state index contributed by atoms with van der Waals surface area (Å²) >= 11 is 0. The standard InChI is InChI=1S/C13H16N4O2/c1-8-14-13-15-10(12(18)19)7-11(17(13)16-8)9-5-3-2-4-6-9/h2-3,7,9,11H,4-6H2,1H3,(H,18,19)(H,14,15,16)/t9-,11-/m1/s1. The third-order valence-corrected chi connectivity index (χ3v) is 3.63. The van der Waals surface area contributed by atoms with Crippen LogP contribution in [0.2, 0.25) is 0 Å². The van der Waals surface area contributed by atoms with E-state index in [1.807, 2.05) is 11.6 Å². The summed E-state index contributed by atoms with van der Waals surface area (Å²) in [5.41, 5.74) is 0.194. The highest BCUT2D eigenvalue weighted by Crippen LogP contribution is 2.35. The molecule has 0 radical (unpaired) electrons. The predicted molar refractivity (Wildman–Crippen MR) is 69.6 cm³/mol. The smallest absolute Gasteiger partial charge is 0.352 e. The number of carboxylic acids is 1. The summed E-state index contributed by atoms with van der Waals surface area (Å²) in [5, 5.41) is 16.4. The number of nitrogens with zero attached hydrogens (tertiary/aromatic N) is 3. The summed E-state index contributed by atoms with van der Waals surface area (Å²) in [7, 11) is 0. The highest BCUT2D eigenvalue weighted by molar-refractivity contribution is 5.90. The van der Waals surface area contributed by atoms with Crippen LogP contribution < -0.4 is 5.32 Å². The van der Waals surface area contributed by atoms with Gasteiger partial charge in [-0.1, -0.05) is 12.2 Å². The summed E-state index contributed by atoms with van der Waals surface area (Å²) in [6.07, 6.45) is 9.12. The zero-order valence-corrected chi connectivity index (χ0v) is 10.7. The van der Waals surface area contributed by atoms with Crippen LogP contribution in [0.5, 0.6) is 0 Å². The average molecular weight is 260 g/mol. The van der Waals surface area contributed by atoms with Gasteiger partial charge in [-0.15, -0.1) is 0 Å². The van der Waals surface area contributed by atoms with Gasteiger partial charge in [0.25, 0.3) is 0 Å². The number of rotatable bonds is 2. The molecule has 0 fully saturated rings. The molecule has 0 unspecified atom stereocenters. The van der Waals surface area contributed by atoms with Crippen molar-refractivity contribution in [3.63, 3.8) is 0 Å². The predicted octanol–water partition coefficient (Wildman–Crippen LogP) is 1.88. The second kappa shape index (κ2) is 4.53. The number of anilines is 1. The number of nitrogens with one attached hydrogen (secondary N) is 1. The van der Waals surface area contributed by atoms with Gasteiger partial charge in [0.05, 0.1) is 6.04 Å². The number of aryl methyl sites for hydroxylation is 1. The fourth-order valence-corrected chi connectivity index (χ4v) is 2.71. The molecule has 0 aromatic carbocycles. The van der Waals surface area contributed by atoms with Crippen molar-refractivity contribution >= 4 is 11.9 Å². The minimum absolute atomic E-state index is 0.0338. The number of hydrogen-bond acceptors (Lipinski definition) is 4. The number of carboxylic acid groups (broad SMARTS) is 1. The van der Waals surface area contributed by atoms with E-state index in [1.54, 1.807) is 6.08 Å². The molecule has 2 aliphatic rings. The van der Waals surface area contributed by atoms with Gasteiger partial charge in [-0.25, -0.2) is 9.48 Å². The van der Waals surface area contributed by atoms with Gasteiger partial charge in [-0.3, -0.25) is 0 Å². The maximum Gasteiger partial charge on any atom is 0.352 e. The van der Waals surface area contributed by atoms with Crippen molar-refractivity contribution in [2.75, 3.05) is 5.32 Å². The zero-order chi connectivity index (χ0) is 13.4. The van der Waals surface area contributed by atoms with E-state index in [2.05, 4.69) is 27.6 Å². The Balaban J connectivity index is 1.99. The van der Waals surface area contributed by atoms with Gasteiger partial charge in [-0.05, 0) is 38.2 Å². The van der Waals surface area contributed by atoms with Crippen molar-refractivity contribution in [3.05, 3.63) is 29.7 Å². The molecule has 6 nitrogen and oxygen atoms in total. The normalized spacial score (nSPS) is 25.4. The Morgan fingerprint density at radius 3 is 3.05 bits per heavy atom. The first-order chi connectivity index (χ1) is 9.15. The monoisotopic (exact) mass is 260 g/mol. The Hall–Kier alpha value is -2.11. The SMILES string of the molecule is Cc1nc2n(n1)[C@@H]([C@@H]1CC=CCC1)C=C(C(=O)O)N2. The molecule has 1 aromatic heterocycles. The first-order valence-electron chi connectivity index (χ1n) is 6.45. The lowest BCUT2D eigenvalue weighted by atomic mass is 9.87. The second-order valence-corrected chi connectivity index (χ2v) is 4.97. The van der Waals surface area contributed by atoms with E-state index in [0.717, 1.165) is 19.3 Å². The quantitative estimate of drug-likeness (QED) is 0.793. The van der Waals surface area contributed by atoms with Crippen molar-refractivity contribution in [1.29, 1.82) is 0 Å². The van der Waals surface area contributed by atoms with Crippen LogP contribution >= 0.6 is 0 Å². The molecular weight excluding hydrogens is 244 g/mol. The lowest BCUT2D eigenvalue weighted by Crippen LogP contribution is -2.28. The van der Waals surface area contributed by atoms with Gasteiger partial charge in [0.15, 0.2) is 0 Å². The molecule has 3 rings (SSSR count). The molecule has 1 aliphatic carbocycles. The Bertz CT molecular complexity index is 573. The van der Waals surface area contributed by atoms with Crippen molar-refractivity contribution in [2.24, 2.45) is 5.92 Å². The molecular formula is C13H16N4O2. The Kier molecular flexibility index (Phi) is 2.85. The van der Waals surface area contributed by atoms with E-state index in [4.69, 9.17) is 0 Å². The topological polar surface area (TPSA) is 80.0 Å². The van der Waals surface area contributed by atoms with Crippen molar-refractivity contribution in [1.82, 2.24) is 14.8 Å². The molecule has 0 amide bonds. The van der Waals surface area contributed by atoms with E-state index < -0.39 is 5.97 Å². The Morgan fingerprint density at radius 1 is 1.53 bits per heavy atom. The number of allylic oxidation sites excluding steroid dienone is 3. The molecule has 2 heterocycles. The molecule has 0 saturated heterocycles. The van der Waals surface area contributed by atoms with E-state index in [1.165, 1.54) is 0 Å². The van der Waals surface area contributed by atoms with Crippen LogP contribution in [-0.4, -0.2) is 25.8 Å². The van der Waals surface area contributed by atoms with Crippen molar-refractivity contribution in [3.8, 4) is 0 Å². The highest BCUT2D eigenvalue weighted by atomic mass is 16.4. The summed E-state index contributed by atoms with van der Waals surface area (Å²) in [6.45, 7) is 1.81. The van der Waals surface area contributed by atoms with Crippen LogP contribution in [0, 0.1) is 12.8 Å². The summed E-state index contributed by atoms with van der Waals surface area (Å²) in [6, 6.07) is -0.0338. The summed E-state index contributed by atoms with van der Waals surface area (Å²) in [4.78, 5) is 15.4. The van der Waals surface area contributed by atoms with E-state index in [0.29, 0.717) is 17.7 Å². The number of fused-ring (bicyclic) bond motifs is 1. The van der Waals surface area contributed by atoms with Gasteiger partial charge >= 0.3 is 5.97 Å². The molecule has 19 heavy (non-hydrogen) atoms. The fourth-order valence-electron chi connectivity index (χ4n) is 2.71. The molecule has 2 N–H and O–H groups in total. The van der Waals surface area contributed by atoms with Crippen LogP contribution in [0.15, 0.2) is 23.9 Å². The molecule has 1 aromatic rings. The third kappa shape index (κ3) is 2.14. The molecule has 0 bridgehead atoms. The van der Waals surface area contributed by atoms with E-state index in [-0.39, 0.29) is 11.7 Å². The van der Waals surface area contributed by atoms with Gasteiger partial charge in [0.1, 0.15) is 11.5 Å². The third-order valence-electron chi connectivity index (χ3n) is 3.63. The number of aliphatic carboxylic acids is 1. The van der Waals surface area contributed by atoms with Crippen molar-refractivity contribution in [2.45, 2.75) is 32.2 Å². The highest BCUT2D eigenvalue weighted by Gasteiger charge is 2.30. The number of hydrogen-bond donors (Lipinski definition) is 2. The van der Waals surface area contributed by atoms with Crippen LogP contribution in [-0.2, 0) is 4.79 Å². The minimum Gasteiger partial charge on any atom is -0.477 e. The summed E-state index contributed by atoms with van der Waals surface area (Å²) < 4.78 is 1.81. The molecule has 0 saturated carbocycles. The van der Waals surface area contributed by atoms with Crippen LogP contribution in [0.3, 0.4) is 0 Å². The first-order valence-corrected chi connectivity index (χ1v) is 6.45. The lowest BCUT2D eigenvalue weighted by molar-refractivity contribution is -0.132. The average Bonchev–Trinajstić information content (AvgIpc) is 2.78. The van der Waals surface area contributed by atoms with E-state index in [9.17, 15) is 9.90 Å². The second-order valence-electron chi connectivity index (χ2n) is 4.97. The largest absolute Gasteiger partial charge is 0.477 e. The number of carbonyl (C=O) groups is 1. The zero-order valence-electron chi connectivity index (χ0n) is 10.7. The minimum atomic E-state index is -0.955. The molecule has 6 heteroatoms. The fraction of sp³-hybridized carbons (Fsp3) is 0.462. The van der Waals surface area contributed by atoms with Gasteiger partial charge in [0.2, 0.25) is 5.95 Å². The molecule has 100 valence electrons. The summed E-state index contributed by atoms with van der Waals surface area (Å²) in [5.74, 6) is 0.598. The molecule has 0 spiro atoms. The van der Waals surface area contributed by atoms with Crippen LogP contribution in [0.25, 0.3) is 0 Å². The van der Waals surface area contributed by atoms with Crippen LogP contribution in [0.1, 0.15) is 31.1 Å². The van der Waals surface area contributed by atoms with Crippen LogP contribution in [0.4, 0.5) is 5.95 Å². The van der Waals surface area contributed by atoms with Gasteiger partial charge in [0, 0.05) is 0 Å². The lowest BCUT2D eigenvalue weighted by Gasteiger charge is -2.29. The van der Waals surface area contributed by atoms with Crippen molar-refractivity contribution < 1.29 is 9.90 Å².